The van der Waals surface area contributed by atoms with E-state index in [2.05, 4.69) is 4.98 Å². The quantitative estimate of drug-likeness (QED) is 0.461. The van der Waals surface area contributed by atoms with Crippen molar-refractivity contribution in [2.24, 2.45) is 5.92 Å². The van der Waals surface area contributed by atoms with Gasteiger partial charge < -0.3 is 19.4 Å². The van der Waals surface area contributed by atoms with Crippen molar-refractivity contribution >= 4 is 23.6 Å². The van der Waals surface area contributed by atoms with Crippen LogP contribution in [0.1, 0.15) is 57.9 Å². The van der Waals surface area contributed by atoms with Crippen molar-refractivity contribution in [3.05, 3.63) is 58.4 Å². The number of carbonyl (C=O) groups is 4. The van der Waals surface area contributed by atoms with Gasteiger partial charge in [0.25, 0.3) is 0 Å². The van der Waals surface area contributed by atoms with Crippen LogP contribution in [-0.4, -0.2) is 59.3 Å². The van der Waals surface area contributed by atoms with Crippen LogP contribution < -0.4 is 0 Å². The van der Waals surface area contributed by atoms with Crippen molar-refractivity contribution in [1.29, 1.82) is 0 Å². The van der Waals surface area contributed by atoms with E-state index in [0.717, 1.165) is 5.56 Å². The lowest BCUT2D eigenvalue weighted by atomic mass is 10.1. The Hall–Kier alpha value is -3.42. The Morgan fingerprint density at radius 3 is 2.55 bits per heavy atom. The number of H-pyrrole nitrogens is 1. The highest BCUT2D eigenvalue weighted by Gasteiger charge is 2.37. The topological polar surface area (TPSA) is 106 Å². The summed E-state index contributed by atoms with van der Waals surface area (Å²) in [6.45, 7) is 7.56. The Kier molecular flexibility index (Phi) is 7.68. The van der Waals surface area contributed by atoms with Gasteiger partial charge in [-0.3, -0.25) is 14.4 Å². The molecule has 0 spiro atoms. The fourth-order valence-corrected chi connectivity index (χ4v) is 4.09. The maximum absolute atomic E-state index is 12.9. The first kappa shape index (κ1) is 24.2. The molecule has 0 unspecified atom stereocenters. The number of ketones is 1. The predicted molar refractivity (Wildman–Crippen MR) is 121 cm³/mol. The smallest absolute Gasteiger partial charge is 0.340 e. The number of Topliss-reactive ketones (excluding diaryl/α,β-unsaturated/α-hetero) is 1. The molecule has 0 saturated carbocycles. The number of aromatic amines is 1. The fourth-order valence-electron chi connectivity index (χ4n) is 4.09. The summed E-state index contributed by atoms with van der Waals surface area (Å²) in [6, 6.07) is 9.83. The van der Waals surface area contributed by atoms with E-state index in [1.807, 2.05) is 30.3 Å². The van der Waals surface area contributed by atoms with Gasteiger partial charge >= 0.3 is 11.9 Å². The summed E-state index contributed by atoms with van der Waals surface area (Å²) in [7, 11) is 0. The molecular formula is C25H30N2O6. The summed E-state index contributed by atoms with van der Waals surface area (Å²) in [5.41, 5.74) is 2.62. The van der Waals surface area contributed by atoms with E-state index < -0.39 is 29.7 Å². The third-order valence-corrected chi connectivity index (χ3v) is 5.89. The lowest BCUT2D eigenvalue weighted by Crippen LogP contribution is -2.31. The number of rotatable bonds is 9. The zero-order chi connectivity index (χ0) is 24.1. The summed E-state index contributed by atoms with van der Waals surface area (Å²) in [5.74, 6) is -2.22. The van der Waals surface area contributed by atoms with E-state index in [1.54, 1.807) is 25.7 Å². The Morgan fingerprint density at radius 2 is 1.88 bits per heavy atom. The number of benzene rings is 1. The average molecular weight is 455 g/mol. The van der Waals surface area contributed by atoms with Crippen LogP contribution in [0, 0.1) is 19.8 Å². The molecule has 1 N–H and O–H groups in total. The predicted octanol–water partition coefficient (Wildman–Crippen LogP) is 3.01. The molecular weight excluding hydrogens is 424 g/mol. The molecule has 1 aromatic heterocycles. The zero-order valence-electron chi connectivity index (χ0n) is 19.5. The number of aryl methyl sites for hydroxylation is 1. The van der Waals surface area contributed by atoms with Crippen molar-refractivity contribution in [2.45, 2.75) is 46.6 Å². The molecule has 1 fully saturated rings. The second kappa shape index (κ2) is 10.5. The fraction of sp³-hybridized carbons (Fsp3) is 0.440. The van der Waals surface area contributed by atoms with Crippen molar-refractivity contribution in [3.63, 3.8) is 0 Å². The summed E-state index contributed by atoms with van der Waals surface area (Å²) < 4.78 is 10.5. The van der Waals surface area contributed by atoms with Crippen LogP contribution in [0.2, 0.25) is 0 Å². The Labute approximate surface area is 193 Å². The average Bonchev–Trinajstić information content (AvgIpc) is 3.31. The molecule has 0 radical (unpaired) electrons. The summed E-state index contributed by atoms with van der Waals surface area (Å²) in [6.07, 6.45) is -0.280. The molecule has 8 nitrogen and oxygen atoms in total. The number of aromatic nitrogens is 1. The minimum Gasteiger partial charge on any atom is -0.462 e. The summed E-state index contributed by atoms with van der Waals surface area (Å²) in [5, 5.41) is 0. The normalized spacial score (nSPS) is 16.5. The van der Waals surface area contributed by atoms with Gasteiger partial charge in [0, 0.05) is 25.2 Å². The molecule has 1 aliphatic rings. The number of carbonyl (C=O) groups excluding carboxylic acids is 4. The van der Waals surface area contributed by atoms with Crippen LogP contribution in [-0.2, 0) is 25.5 Å². The maximum atomic E-state index is 12.9. The van der Waals surface area contributed by atoms with Crippen LogP contribution in [0.25, 0.3) is 0 Å². The minimum atomic E-state index is -1.06. The molecule has 1 saturated heterocycles. The molecule has 33 heavy (non-hydrogen) atoms. The van der Waals surface area contributed by atoms with Crippen molar-refractivity contribution in [3.8, 4) is 0 Å². The number of amides is 1. The lowest BCUT2D eigenvalue weighted by Gasteiger charge is -2.17. The monoisotopic (exact) mass is 454 g/mol. The van der Waals surface area contributed by atoms with E-state index in [1.165, 1.54) is 6.92 Å². The van der Waals surface area contributed by atoms with Crippen LogP contribution >= 0.6 is 0 Å². The molecule has 2 heterocycles. The van der Waals surface area contributed by atoms with Crippen molar-refractivity contribution in [1.82, 2.24) is 9.88 Å². The number of likely N-dealkylation sites (tertiary alicyclic amines) is 1. The number of hydrogen-bond donors (Lipinski definition) is 1. The molecule has 0 bridgehead atoms. The van der Waals surface area contributed by atoms with Crippen LogP contribution in [0.4, 0.5) is 0 Å². The largest absolute Gasteiger partial charge is 0.462 e. The van der Waals surface area contributed by atoms with E-state index in [-0.39, 0.29) is 31.2 Å². The Balaban J connectivity index is 1.59. The van der Waals surface area contributed by atoms with Crippen LogP contribution in [0.15, 0.2) is 30.3 Å². The van der Waals surface area contributed by atoms with Gasteiger partial charge in [0.1, 0.15) is 0 Å². The third-order valence-electron chi connectivity index (χ3n) is 5.89. The van der Waals surface area contributed by atoms with Gasteiger partial charge in [-0.05, 0) is 45.2 Å². The number of hydrogen-bond acceptors (Lipinski definition) is 6. The van der Waals surface area contributed by atoms with Gasteiger partial charge in [0.15, 0.2) is 6.10 Å². The first-order valence-electron chi connectivity index (χ1n) is 11.2. The number of nitrogens with one attached hydrogen (secondary N) is 1. The van der Waals surface area contributed by atoms with Crippen molar-refractivity contribution < 1.29 is 28.7 Å². The number of nitrogens with zero attached hydrogens (tertiary/aromatic N) is 1. The van der Waals surface area contributed by atoms with Crippen LogP contribution in [0.3, 0.4) is 0 Å². The molecule has 1 aliphatic heterocycles. The minimum absolute atomic E-state index is 0.0716. The SMILES string of the molecule is CCOC(=O)c1c(C)[nH]c(C(=O)[C@@H](C)OC(=O)[C@H]2CC(=O)N(CCc3ccccc3)C2)c1C. The molecule has 1 amide bonds. The molecule has 3 rings (SSSR count). The van der Waals surface area contributed by atoms with Gasteiger partial charge in [0.2, 0.25) is 11.7 Å². The summed E-state index contributed by atoms with van der Waals surface area (Å²) in [4.78, 5) is 54.7. The highest BCUT2D eigenvalue weighted by molar-refractivity contribution is 6.04. The second-order valence-electron chi connectivity index (χ2n) is 8.27. The Morgan fingerprint density at radius 1 is 1.18 bits per heavy atom. The van der Waals surface area contributed by atoms with Gasteiger partial charge in [0.05, 0.1) is 23.8 Å². The van der Waals surface area contributed by atoms with Gasteiger partial charge in [-0.25, -0.2) is 4.79 Å². The van der Waals surface area contributed by atoms with E-state index in [9.17, 15) is 19.2 Å². The second-order valence-corrected chi connectivity index (χ2v) is 8.27. The van der Waals surface area contributed by atoms with Gasteiger partial charge in [-0.15, -0.1) is 0 Å². The number of esters is 2. The van der Waals surface area contributed by atoms with E-state index in [0.29, 0.717) is 29.8 Å². The van der Waals surface area contributed by atoms with Gasteiger partial charge in [-0.2, -0.15) is 0 Å². The van der Waals surface area contributed by atoms with Crippen LogP contribution in [0.5, 0.6) is 0 Å². The highest BCUT2D eigenvalue weighted by atomic mass is 16.5. The Bertz CT molecular complexity index is 1040. The third kappa shape index (κ3) is 5.50. The lowest BCUT2D eigenvalue weighted by molar-refractivity contribution is -0.151. The molecule has 8 heteroatoms. The standard InChI is InChI=1S/C25H30N2O6/c1-5-32-25(31)21-15(2)22(26-16(21)3)23(29)17(4)33-24(30)19-13-20(28)27(14-19)12-11-18-9-7-6-8-10-18/h6-10,17,19,26H,5,11-14H2,1-4H3/t17-,19+/m1/s1. The number of ether oxygens (including phenoxy) is 2. The maximum Gasteiger partial charge on any atom is 0.340 e. The first-order valence-corrected chi connectivity index (χ1v) is 11.2. The highest BCUT2D eigenvalue weighted by Crippen LogP contribution is 2.23. The summed E-state index contributed by atoms with van der Waals surface area (Å²) >= 11 is 0. The molecule has 176 valence electrons. The zero-order valence-corrected chi connectivity index (χ0v) is 19.5. The molecule has 2 aromatic rings. The van der Waals surface area contributed by atoms with Crippen molar-refractivity contribution in [2.75, 3.05) is 19.7 Å². The van der Waals surface area contributed by atoms with E-state index >= 15 is 0 Å². The molecule has 2 atom stereocenters. The molecule has 0 aliphatic carbocycles. The first-order chi connectivity index (χ1) is 15.7. The van der Waals surface area contributed by atoms with Gasteiger partial charge in [-0.1, -0.05) is 30.3 Å². The molecule has 1 aromatic carbocycles. The van der Waals surface area contributed by atoms with E-state index in [4.69, 9.17) is 9.47 Å².